The quantitative estimate of drug-likeness (QED) is 0.834. The van der Waals surface area contributed by atoms with Gasteiger partial charge in [-0.05, 0) is 28.8 Å². The van der Waals surface area contributed by atoms with E-state index in [2.05, 4.69) is 0 Å². The maximum atomic E-state index is 14.4. The van der Waals surface area contributed by atoms with Crippen LogP contribution in [0.25, 0.3) is 16.7 Å². The number of benzene rings is 2. The normalized spacial score (nSPS) is 21.7. The molecular weight excluding hydrogens is 287 g/mol. The van der Waals surface area contributed by atoms with Crippen molar-refractivity contribution in [2.45, 2.75) is 12.3 Å². The van der Waals surface area contributed by atoms with E-state index in [4.69, 9.17) is 11.6 Å². The highest BCUT2D eigenvalue weighted by Crippen LogP contribution is 2.39. The predicted octanol–water partition coefficient (Wildman–Crippen LogP) is 4.92. The summed E-state index contributed by atoms with van der Waals surface area (Å²) >= 11 is 5.80. The molecule has 2 aromatic carbocycles. The molecule has 0 heterocycles. The van der Waals surface area contributed by atoms with Crippen molar-refractivity contribution < 1.29 is 9.50 Å². The summed E-state index contributed by atoms with van der Waals surface area (Å²) in [6.07, 6.45) is 2.95. The highest BCUT2D eigenvalue weighted by Gasteiger charge is 2.35. The van der Waals surface area contributed by atoms with Gasteiger partial charge in [0.05, 0.1) is 0 Å². The first kappa shape index (κ1) is 14.1. The van der Waals surface area contributed by atoms with Crippen molar-refractivity contribution in [3.05, 3.63) is 77.3 Å². The Balaban J connectivity index is 2.05. The van der Waals surface area contributed by atoms with E-state index in [0.717, 1.165) is 11.1 Å². The summed E-state index contributed by atoms with van der Waals surface area (Å²) in [5, 5.41) is 10.3. The molecule has 106 valence electrons. The Labute approximate surface area is 128 Å². The minimum Gasteiger partial charge on any atom is -0.358 e. The number of alkyl halides is 1. The Morgan fingerprint density at radius 1 is 0.905 bits per heavy atom. The van der Waals surface area contributed by atoms with E-state index in [0.29, 0.717) is 10.6 Å². The van der Waals surface area contributed by atoms with Crippen LogP contribution in [0, 0.1) is 0 Å². The average molecular weight is 301 g/mol. The fraction of sp³-hybridized carbons (Fsp3) is 0.111. The molecule has 1 aliphatic carbocycles. The van der Waals surface area contributed by atoms with Gasteiger partial charge in [-0.3, -0.25) is 0 Å². The molecule has 0 fully saturated rings. The first-order chi connectivity index (χ1) is 10.1. The topological polar surface area (TPSA) is 20.2 Å². The molecule has 2 aromatic rings. The van der Waals surface area contributed by atoms with Crippen molar-refractivity contribution in [2.24, 2.45) is 0 Å². The van der Waals surface area contributed by atoms with Gasteiger partial charge in [0.1, 0.15) is 0 Å². The van der Waals surface area contributed by atoms with Crippen molar-refractivity contribution in [1.29, 1.82) is 0 Å². The Bertz CT molecular complexity index is 717. The number of hydrogen-bond acceptors (Lipinski definition) is 1. The standard InChI is InChI=1S/C18H14ClFO/c19-16-9-10-17(18(20,21)12-16)15-8-4-7-14(11-15)13-5-2-1-3-6-13/h1-11,21H,12H2. The van der Waals surface area contributed by atoms with Crippen LogP contribution in [0.2, 0.25) is 0 Å². The molecule has 0 saturated heterocycles. The van der Waals surface area contributed by atoms with Gasteiger partial charge in [-0.15, -0.1) is 0 Å². The van der Waals surface area contributed by atoms with E-state index in [1.165, 1.54) is 6.08 Å². The van der Waals surface area contributed by atoms with E-state index in [-0.39, 0.29) is 12.0 Å². The summed E-state index contributed by atoms with van der Waals surface area (Å²) in [7, 11) is 0. The average Bonchev–Trinajstić information content (AvgIpc) is 2.47. The molecule has 0 spiro atoms. The third kappa shape index (κ3) is 2.92. The van der Waals surface area contributed by atoms with Crippen LogP contribution in [-0.2, 0) is 0 Å². The number of allylic oxidation sites excluding steroid dienone is 2. The summed E-state index contributed by atoms with van der Waals surface area (Å²) in [6, 6.07) is 17.3. The van der Waals surface area contributed by atoms with Gasteiger partial charge in [-0.2, -0.15) is 0 Å². The molecule has 1 N–H and O–H groups in total. The second-order valence-electron chi connectivity index (χ2n) is 5.08. The lowest BCUT2D eigenvalue weighted by molar-refractivity contribution is -0.0289. The smallest absolute Gasteiger partial charge is 0.238 e. The highest BCUT2D eigenvalue weighted by molar-refractivity contribution is 6.30. The van der Waals surface area contributed by atoms with Gasteiger partial charge in [-0.25, -0.2) is 4.39 Å². The second kappa shape index (κ2) is 5.47. The first-order valence-corrected chi connectivity index (χ1v) is 7.08. The molecule has 0 aromatic heterocycles. The summed E-state index contributed by atoms with van der Waals surface area (Å²) in [5.74, 6) is -2.43. The van der Waals surface area contributed by atoms with Gasteiger partial charge in [0.25, 0.3) is 0 Å². The second-order valence-corrected chi connectivity index (χ2v) is 5.56. The van der Waals surface area contributed by atoms with Crippen LogP contribution >= 0.6 is 11.6 Å². The van der Waals surface area contributed by atoms with Gasteiger partial charge in [0, 0.05) is 17.0 Å². The molecule has 3 rings (SSSR count). The third-order valence-electron chi connectivity index (χ3n) is 3.53. The molecule has 0 aliphatic heterocycles. The maximum Gasteiger partial charge on any atom is 0.238 e. The fourth-order valence-electron chi connectivity index (χ4n) is 2.49. The number of rotatable bonds is 2. The monoisotopic (exact) mass is 300 g/mol. The van der Waals surface area contributed by atoms with E-state index < -0.39 is 5.85 Å². The maximum absolute atomic E-state index is 14.4. The van der Waals surface area contributed by atoms with Crippen LogP contribution in [0.5, 0.6) is 0 Å². The van der Waals surface area contributed by atoms with E-state index in [1.807, 2.05) is 48.5 Å². The summed E-state index contributed by atoms with van der Waals surface area (Å²) in [4.78, 5) is 0. The van der Waals surface area contributed by atoms with E-state index >= 15 is 0 Å². The Hall–Kier alpha value is -1.90. The zero-order valence-corrected chi connectivity index (χ0v) is 12.0. The molecule has 0 amide bonds. The lowest BCUT2D eigenvalue weighted by Gasteiger charge is -2.25. The molecular formula is C18H14ClFO. The largest absolute Gasteiger partial charge is 0.358 e. The molecule has 0 saturated carbocycles. The third-order valence-corrected chi connectivity index (χ3v) is 3.79. The summed E-state index contributed by atoms with van der Waals surface area (Å²) in [6.45, 7) is 0. The van der Waals surface area contributed by atoms with Crippen molar-refractivity contribution >= 4 is 17.2 Å². The molecule has 0 radical (unpaired) electrons. The fourth-order valence-corrected chi connectivity index (χ4v) is 2.73. The van der Waals surface area contributed by atoms with Crippen LogP contribution in [0.4, 0.5) is 4.39 Å². The van der Waals surface area contributed by atoms with Crippen LogP contribution < -0.4 is 0 Å². The lowest BCUT2D eigenvalue weighted by atomic mass is 9.90. The molecule has 0 bridgehead atoms. The Morgan fingerprint density at radius 2 is 1.57 bits per heavy atom. The number of hydrogen-bond donors (Lipinski definition) is 1. The molecule has 1 aliphatic rings. The zero-order valence-electron chi connectivity index (χ0n) is 11.3. The van der Waals surface area contributed by atoms with Gasteiger partial charge in [0.2, 0.25) is 5.85 Å². The van der Waals surface area contributed by atoms with Crippen LogP contribution in [-0.4, -0.2) is 11.0 Å². The predicted molar refractivity (Wildman–Crippen MR) is 84.5 cm³/mol. The number of halogens is 2. The number of aliphatic hydroxyl groups is 1. The zero-order chi connectivity index (χ0) is 14.9. The van der Waals surface area contributed by atoms with Crippen LogP contribution in [0.15, 0.2) is 71.8 Å². The van der Waals surface area contributed by atoms with Crippen molar-refractivity contribution in [2.75, 3.05) is 0 Å². The molecule has 1 unspecified atom stereocenters. The van der Waals surface area contributed by atoms with Crippen LogP contribution in [0.3, 0.4) is 0 Å². The SMILES string of the molecule is OC1(F)CC(Cl)=CC=C1c1cccc(-c2ccccc2)c1. The first-order valence-electron chi connectivity index (χ1n) is 6.70. The summed E-state index contributed by atoms with van der Waals surface area (Å²) in [5.41, 5.74) is 2.92. The minimum absolute atomic E-state index is 0.212. The van der Waals surface area contributed by atoms with Crippen molar-refractivity contribution in [3.8, 4) is 11.1 Å². The van der Waals surface area contributed by atoms with Gasteiger partial charge in [-0.1, -0.05) is 66.2 Å². The van der Waals surface area contributed by atoms with E-state index in [1.54, 1.807) is 12.1 Å². The molecule has 3 heteroatoms. The Morgan fingerprint density at radius 3 is 2.29 bits per heavy atom. The van der Waals surface area contributed by atoms with Gasteiger partial charge >= 0.3 is 0 Å². The molecule has 21 heavy (non-hydrogen) atoms. The lowest BCUT2D eigenvalue weighted by Crippen LogP contribution is -2.26. The van der Waals surface area contributed by atoms with Gasteiger partial charge < -0.3 is 5.11 Å². The molecule has 1 nitrogen and oxygen atoms in total. The van der Waals surface area contributed by atoms with Crippen molar-refractivity contribution in [3.63, 3.8) is 0 Å². The highest BCUT2D eigenvalue weighted by atomic mass is 35.5. The minimum atomic E-state index is -2.43. The Kier molecular flexibility index (Phi) is 3.66. The van der Waals surface area contributed by atoms with Crippen LogP contribution in [0.1, 0.15) is 12.0 Å². The summed E-state index contributed by atoms with van der Waals surface area (Å²) < 4.78 is 14.4. The van der Waals surface area contributed by atoms with E-state index in [9.17, 15) is 9.50 Å². The van der Waals surface area contributed by atoms with Crippen molar-refractivity contribution in [1.82, 2.24) is 0 Å². The van der Waals surface area contributed by atoms with Gasteiger partial charge in [0.15, 0.2) is 0 Å². The molecule has 1 atom stereocenters.